The van der Waals surface area contributed by atoms with Crippen molar-refractivity contribution in [2.24, 2.45) is 4.99 Å². The molecule has 6 heteroatoms. The molecule has 0 aliphatic heterocycles. The van der Waals surface area contributed by atoms with Crippen molar-refractivity contribution < 1.29 is 9.53 Å². The number of ether oxygens (including phenoxy) is 1. The van der Waals surface area contributed by atoms with Crippen LogP contribution in [0.1, 0.15) is 16.7 Å². The van der Waals surface area contributed by atoms with Crippen molar-refractivity contribution in [3.05, 3.63) is 65.2 Å². The molecular formula is C22H30N4O2. The second kappa shape index (κ2) is 11.0. The Kier molecular flexibility index (Phi) is 8.34. The van der Waals surface area contributed by atoms with Gasteiger partial charge in [-0.1, -0.05) is 42.0 Å². The van der Waals surface area contributed by atoms with E-state index in [1.54, 1.807) is 26.1 Å². The average Bonchev–Trinajstić information content (AvgIpc) is 2.71. The molecule has 0 aliphatic rings. The number of nitrogens with zero attached hydrogens (tertiary/aromatic N) is 2. The average molecular weight is 383 g/mol. The zero-order valence-corrected chi connectivity index (χ0v) is 17.2. The van der Waals surface area contributed by atoms with E-state index in [0.717, 1.165) is 17.7 Å². The number of carbonyl (C=O) groups is 1. The quantitative estimate of drug-likeness (QED) is 0.543. The molecule has 0 unspecified atom stereocenters. The second-order valence-electron chi connectivity index (χ2n) is 6.82. The summed E-state index contributed by atoms with van der Waals surface area (Å²) in [5.74, 6) is 1.48. The molecule has 28 heavy (non-hydrogen) atoms. The Morgan fingerprint density at radius 1 is 1.00 bits per heavy atom. The molecule has 0 aromatic heterocycles. The smallest absolute Gasteiger partial charge is 0.241 e. The summed E-state index contributed by atoms with van der Waals surface area (Å²) in [4.78, 5) is 18.1. The molecule has 1 amide bonds. The third-order valence-corrected chi connectivity index (χ3v) is 4.31. The summed E-state index contributed by atoms with van der Waals surface area (Å²) in [5, 5.41) is 6.42. The van der Waals surface area contributed by atoms with Crippen LogP contribution in [0.25, 0.3) is 0 Å². The molecule has 0 fully saturated rings. The van der Waals surface area contributed by atoms with E-state index in [-0.39, 0.29) is 12.5 Å². The van der Waals surface area contributed by atoms with E-state index in [4.69, 9.17) is 4.74 Å². The number of amides is 1. The number of carbonyl (C=O) groups excluding carboxylic acids is 1. The molecule has 150 valence electrons. The summed E-state index contributed by atoms with van der Waals surface area (Å²) in [5.41, 5.74) is 3.55. The fourth-order valence-electron chi connectivity index (χ4n) is 2.47. The molecule has 0 saturated carbocycles. The number of likely N-dealkylation sites (N-methyl/N-ethyl adjacent to an activating group) is 1. The van der Waals surface area contributed by atoms with Crippen LogP contribution in [0.4, 0.5) is 0 Å². The van der Waals surface area contributed by atoms with Crippen LogP contribution in [0.2, 0.25) is 0 Å². The summed E-state index contributed by atoms with van der Waals surface area (Å²) < 4.78 is 5.19. The summed E-state index contributed by atoms with van der Waals surface area (Å²) in [6, 6.07) is 16.3. The van der Waals surface area contributed by atoms with Crippen LogP contribution >= 0.6 is 0 Å². The molecule has 6 nitrogen and oxygen atoms in total. The zero-order valence-electron chi connectivity index (χ0n) is 17.2. The minimum Gasteiger partial charge on any atom is -0.497 e. The van der Waals surface area contributed by atoms with E-state index in [2.05, 4.69) is 46.8 Å². The Hall–Kier alpha value is -3.02. The van der Waals surface area contributed by atoms with Gasteiger partial charge in [0.25, 0.3) is 0 Å². The van der Waals surface area contributed by atoms with Crippen molar-refractivity contribution >= 4 is 11.9 Å². The van der Waals surface area contributed by atoms with Gasteiger partial charge in [0.1, 0.15) is 5.75 Å². The predicted molar refractivity (Wildman–Crippen MR) is 114 cm³/mol. The van der Waals surface area contributed by atoms with E-state index < -0.39 is 0 Å². The van der Waals surface area contributed by atoms with Gasteiger partial charge in [-0.2, -0.15) is 0 Å². The Balaban J connectivity index is 1.94. The summed E-state index contributed by atoms with van der Waals surface area (Å²) >= 11 is 0. The molecule has 0 heterocycles. The normalized spacial score (nSPS) is 11.1. The van der Waals surface area contributed by atoms with E-state index >= 15 is 0 Å². The molecule has 0 atom stereocenters. The molecule has 0 bridgehead atoms. The molecule has 0 aliphatic carbocycles. The van der Waals surface area contributed by atoms with Crippen LogP contribution in [0.3, 0.4) is 0 Å². The number of methoxy groups -OCH3 is 1. The molecule has 2 rings (SSSR count). The highest BCUT2D eigenvalue weighted by molar-refractivity contribution is 5.86. The standard InChI is InChI=1S/C22H30N4O2/c1-17-5-7-19(8-6-17)15-24-22(25-16-21(27)26(2)3)23-14-13-18-9-11-20(28-4)12-10-18/h5-12H,13-16H2,1-4H3,(H2,23,24,25). The first-order valence-corrected chi connectivity index (χ1v) is 9.38. The third-order valence-electron chi connectivity index (χ3n) is 4.31. The van der Waals surface area contributed by atoms with Crippen molar-refractivity contribution in [1.82, 2.24) is 15.5 Å². The van der Waals surface area contributed by atoms with Gasteiger partial charge in [0.15, 0.2) is 5.96 Å². The predicted octanol–water partition coefficient (Wildman–Crippen LogP) is 2.37. The van der Waals surface area contributed by atoms with Crippen molar-refractivity contribution in [1.29, 1.82) is 0 Å². The SMILES string of the molecule is COc1ccc(CCNC(=NCc2ccc(C)cc2)NCC(=O)N(C)C)cc1. The van der Waals surface area contributed by atoms with Crippen LogP contribution in [0.5, 0.6) is 5.75 Å². The van der Waals surface area contributed by atoms with Crippen LogP contribution in [0, 0.1) is 6.92 Å². The minimum absolute atomic E-state index is 0.00000897. The van der Waals surface area contributed by atoms with Crippen LogP contribution in [0.15, 0.2) is 53.5 Å². The molecule has 2 N–H and O–H groups in total. The molecule has 2 aromatic carbocycles. The van der Waals surface area contributed by atoms with Gasteiger partial charge in [-0.25, -0.2) is 4.99 Å². The number of aliphatic imine (C=N–C) groups is 1. The van der Waals surface area contributed by atoms with Crippen molar-refractivity contribution in [2.75, 3.05) is 34.3 Å². The fourth-order valence-corrected chi connectivity index (χ4v) is 2.47. The Bertz CT molecular complexity index is 768. The van der Waals surface area contributed by atoms with Gasteiger partial charge in [-0.05, 0) is 36.6 Å². The number of hydrogen-bond donors (Lipinski definition) is 2. The first-order valence-electron chi connectivity index (χ1n) is 9.38. The van der Waals surface area contributed by atoms with E-state index in [9.17, 15) is 4.79 Å². The van der Waals surface area contributed by atoms with E-state index in [0.29, 0.717) is 19.0 Å². The monoisotopic (exact) mass is 382 g/mol. The van der Waals surface area contributed by atoms with Crippen molar-refractivity contribution in [3.63, 3.8) is 0 Å². The first kappa shape index (κ1) is 21.3. The number of rotatable bonds is 8. The highest BCUT2D eigenvalue weighted by Crippen LogP contribution is 2.11. The topological polar surface area (TPSA) is 66.0 Å². The maximum absolute atomic E-state index is 11.9. The number of benzene rings is 2. The Labute approximate surface area is 167 Å². The van der Waals surface area contributed by atoms with Crippen LogP contribution in [-0.2, 0) is 17.8 Å². The highest BCUT2D eigenvalue weighted by Gasteiger charge is 2.06. The van der Waals surface area contributed by atoms with Gasteiger partial charge in [0, 0.05) is 20.6 Å². The summed E-state index contributed by atoms with van der Waals surface area (Å²) in [7, 11) is 5.14. The van der Waals surface area contributed by atoms with Gasteiger partial charge >= 0.3 is 0 Å². The number of aryl methyl sites for hydroxylation is 1. The van der Waals surface area contributed by atoms with Gasteiger partial charge in [-0.15, -0.1) is 0 Å². The molecule has 2 aromatic rings. The fraction of sp³-hybridized carbons (Fsp3) is 0.364. The van der Waals surface area contributed by atoms with Gasteiger partial charge < -0.3 is 20.3 Å². The summed E-state index contributed by atoms with van der Waals surface area (Å²) in [6.07, 6.45) is 0.844. The van der Waals surface area contributed by atoms with Crippen molar-refractivity contribution in [3.8, 4) is 5.75 Å². The maximum Gasteiger partial charge on any atom is 0.241 e. The highest BCUT2D eigenvalue weighted by atomic mass is 16.5. The van der Waals surface area contributed by atoms with Gasteiger partial charge in [-0.3, -0.25) is 4.79 Å². The van der Waals surface area contributed by atoms with Crippen LogP contribution < -0.4 is 15.4 Å². The second-order valence-corrected chi connectivity index (χ2v) is 6.82. The van der Waals surface area contributed by atoms with Crippen molar-refractivity contribution in [2.45, 2.75) is 19.9 Å². The Morgan fingerprint density at radius 3 is 2.25 bits per heavy atom. The molecule has 0 radical (unpaired) electrons. The molecule has 0 spiro atoms. The lowest BCUT2D eigenvalue weighted by Gasteiger charge is -2.15. The molecule has 0 saturated heterocycles. The first-order chi connectivity index (χ1) is 13.5. The van der Waals surface area contributed by atoms with E-state index in [1.807, 2.05) is 24.3 Å². The number of nitrogens with one attached hydrogen (secondary N) is 2. The Morgan fingerprint density at radius 2 is 1.64 bits per heavy atom. The molecular weight excluding hydrogens is 352 g/mol. The minimum atomic E-state index is -0.00000897. The third kappa shape index (κ3) is 7.31. The summed E-state index contributed by atoms with van der Waals surface area (Å²) in [6.45, 7) is 3.53. The van der Waals surface area contributed by atoms with Gasteiger partial charge in [0.05, 0.1) is 20.2 Å². The lowest BCUT2D eigenvalue weighted by molar-refractivity contribution is -0.127. The van der Waals surface area contributed by atoms with Gasteiger partial charge in [0.2, 0.25) is 5.91 Å². The van der Waals surface area contributed by atoms with Crippen LogP contribution in [-0.4, -0.2) is 51.1 Å². The lowest BCUT2D eigenvalue weighted by atomic mass is 10.1. The zero-order chi connectivity index (χ0) is 20.4. The van der Waals surface area contributed by atoms with E-state index in [1.165, 1.54) is 11.1 Å². The maximum atomic E-state index is 11.9. The number of hydrogen-bond acceptors (Lipinski definition) is 3. The largest absolute Gasteiger partial charge is 0.497 e. The number of guanidine groups is 1. The lowest BCUT2D eigenvalue weighted by Crippen LogP contribution is -2.43.